The first-order valence-electron chi connectivity index (χ1n) is 10.6. The Balaban J connectivity index is 1.73. The van der Waals surface area contributed by atoms with Gasteiger partial charge in [-0.05, 0) is 42.3 Å². The second-order valence-corrected chi connectivity index (χ2v) is 8.51. The van der Waals surface area contributed by atoms with Crippen LogP contribution in [0.3, 0.4) is 0 Å². The van der Waals surface area contributed by atoms with E-state index in [1.54, 1.807) is 25.1 Å². The lowest BCUT2D eigenvalue weighted by atomic mass is 10.1. The predicted octanol–water partition coefficient (Wildman–Crippen LogP) is 7.13. The van der Waals surface area contributed by atoms with Gasteiger partial charge in [-0.2, -0.15) is 13.2 Å². The van der Waals surface area contributed by atoms with Gasteiger partial charge in [-0.3, -0.25) is 0 Å². The van der Waals surface area contributed by atoms with E-state index in [9.17, 15) is 13.2 Å². The molecule has 3 aromatic rings. The summed E-state index contributed by atoms with van der Waals surface area (Å²) in [6.07, 6.45) is -0.919. The lowest BCUT2D eigenvalue weighted by Gasteiger charge is -2.24. The van der Waals surface area contributed by atoms with E-state index in [0.29, 0.717) is 23.8 Å². The Hall–Kier alpha value is -2.74. The number of ether oxygens (including phenoxy) is 1. The third kappa shape index (κ3) is 6.38. The van der Waals surface area contributed by atoms with Crippen LogP contribution in [0.25, 0.3) is 0 Å². The van der Waals surface area contributed by atoms with Gasteiger partial charge in [-0.25, -0.2) is 4.98 Å². The number of nitrogens with one attached hydrogen (secondary N) is 1. The normalized spacial score (nSPS) is 11.4. The summed E-state index contributed by atoms with van der Waals surface area (Å²) in [5.74, 6) is 0.786. The number of rotatable bonds is 10. The molecule has 0 radical (unpaired) electrons. The number of hydrogen-bond acceptors (Lipinski definition) is 5. The molecule has 0 saturated heterocycles. The molecule has 0 spiro atoms. The molecule has 0 aliphatic carbocycles. The van der Waals surface area contributed by atoms with Crippen LogP contribution in [-0.2, 0) is 12.6 Å². The minimum atomic E-state index is -4.44. The van der Waals surface area contributed by atoms with E-state index >= 15 is 0 Å². The maximum atomic E-state index is 13.7. The number of thiazole rings is 1. The summed E-state index contributed by atoms with van der Waals surface area (Å²) in [5, 5.41) is 5.50. The van der Waals surface area contributed by atoms with E-state index in [4.69, 9.17) is 4.74 Å². The van der Waals surface area contributed by atoms with Gasteiger partial charge in [0.25, 0.3) is 0 Å². The fourth-order valence-corrected chi connectivity index (χ4v) is 4.15. The number of unbranched alkanes of at least 4 members (excludes halogenated alkanes) is 2. The average Bonchev–Trinajstić information content (AvgIpc) is 3.20. The molecule has 0 unspecified atom stereocenters. The van der Waals surface area contributed by atoms with Crippen LogP contribution in [0, 0.1) is 0 Å². The van der Waals surface area contributed by atoms with Crippen molar-refractivity contribution in [2.24, 2.45) is 0 Å². The molecule has 0 fully saturated rings. The second kappa shape index (κ2) is 10.7. The number of benzene rings is 2. The molecule has 3 rings (SSSR count). The van der Waals surface area contributed by atoms with Crippen LogP contribution >= 0.6 is 11.3 Å². The Morgan fingerprint density at radius 2 is 1.84 bits per heavy atom. The van der Waals surface area contributed by atoms with E-state index in [1.165, 1.54) is 17.4 Å². The highest BCUT2D eigenvalue weighted by Crippen LogP contribution is 2.38. The largest absolute Gasteiger partial charge is 0.497 e. The van der Waals surface area contributed by atoms with Gasteiger partial charge >= 0.3 is 6.18 Å². The Morgan fingerprint density at radius 3 is 2.50 bits per heavy atom. The van der Waals surface area contributed by atoms with Crippen molar-refractivity contribution < 1.29 is 17.9 Å². The third-order valence-corrected chi connectivity index (χ3v) is 5.96. The summed E-state index contributed by atoms with van der Waals surface area (Å²) in [6.45, 7) is 2.66. The molecule has 2 aromatic carbocycles. The van der Waals surface area contributed by atoms with E-state index in [1.807, 2.05) is 29.6 Å². The zero-order valence-corrected chi connectivity index (χ0v) is 19.3. The minimum Gasteiger partial charge on any atom is -0.497 e. The number of methoxy groups -OCH3 is 1. The summed E-state index contributed by atoms with van der Waals surface area (Å²) in [5.41, 5.74) is 1.85. The first-order chi connectivity index (χ1) is 15.3. The van der Waals surface area contributed by atoms with Crippen molar-refractivity contribution >= 4 is 27.8 Å². The Bertz CT molecular complexity index is 1000. The number of halogens is 3. The van der Waals surface area contributed by atoms with Gasteiger partial charge in [0.05, 0.1) is 18.4 Å². The summed E-state index contributed by atoms with van der Waals surface area (Å²) < 4.78 is 46.4. The molecule has 0 atom stereocenters. The Labute approximate surface area is 191 Å². The maximum Gasteiger partial charge on any atom is 0.418 e. The number of hydrogen-bond donors (Lipinski definition) is 1. The van der Waals surface area contributed by atoms with Gasteiger partial charge in [-0.15, -0.1) is 11.3 Å². The first kappa shape index (κ1) is 23.9. The van der Waals surface area contributed by atoms with E-state index in [-0.39, 0.29) is 5.69 Å². The second-order valence-electron chi connectivity index (χ2n) is 7.65. The van der Waals surface area contributed by atoms with Crippen LogP contribution in [0.15, 0.2) is 47.8 Å². The van der Waals surface area contributed by atoms with Gasteiger partial charge < -0.3 is 15.0 Å². The van der Waals surface area contributed by atoms with Crippen molar-refractivity contribution in [3.05, 3.63) is 64.7 Å². The highest BCUT2D eigenvalue weighted by molar-refractivity contribution is 7.13. The molecule has 0 bridgehead atoms. The molecule has 0 amide bonds. The van der Waals surface area contributed by atoms with Gasteiger partial charge in [0.2, 0.25) is 0 Å². The number of aromatic nitrogens is 1. The smallest absolute Gasteiger partial charge is 0.418 e. The van der Waals surface area contributed by atoms with Crippen LogP contribution in [0.1, 0.15) is 43.0 Å². The van der Waals surface area contributed by atoms with Crippen LogP contribution in [0.4, 0.5) is 29.7 Å². The molecule has 0 aliphatic heterocycles. The van der Waals surface area contributed by atoms with Crippen molar-refractivity contribution in [2.75, 3.05) is 30.9 Å². The zero-order valence-electron chi connectivity index (χ0n) is 18.5. The molecular weight excluding hydrogens is 435 g/mol. The molecule has 172 valence electrons. The molecule has 0 aliphatic rings. The fraction of sp³-hybridized carbons (Fsp3) is 0.375. The van der Waals surface area contributed by atoms with Crippen molar-refractivity contribution in [1.82, 2.24) is 4.98 Å². The average molecular weight is 464 g/mol. The maximum absolute atomic E-state index is 13.7. The van der Waals surface area contributed by atoms with E-state index in [0.717, 1.165) is 42.3 Å². The van der Waals surface area contributed by atoms with Crippen LogP contribution < -0.4 is 15.0 Å². The fourth-order valence-electron chi connectivity index (χ4n) is 3.41. The zero-order chi connectivity index (χ0) is 23.1. The molecule has 32 heavy (non-hydrogen) atoms. The summed E-state index contributed by atoms with van der Waals surface area (Å²) in [4.78, 5) is 6.21. The summed E-state index contributed by atoms with van der Waals surface area (Å²) in [6, 6.07) is 12.1. The predicted molar refractivity (Wildman–Crippen MR) is 125 cm³/mol. The van der Waals surface area contributed by atoms with Crippen molar-refractivity contribution in [2.45, 2.75) is 38.8 Å². The Morgan fingerprint density at radius 1 is 1.09 bits per heavy atom. The molecule has 1 heterocycles. The first-order valence-corrected chi connectivity index (χ1v) is 11.4. The molecular formula is C24H28F3N3OS. The lowest BCUT2D eigenvalue weighted by Crippen LogP contribution is -2.22. The number of alkyl halides is 3. The highest BCUT2D eigenvalue weighted by Gasteiger charge is 2.34. The van der Waals surface area contributed by atoms with Crippen LogP contribution in [-0.4, -0.2) is 25.7 Å². The minimum absolute atomic E-state index is 0.193. The SMILES string of the molecule is CCCCCN(C)c1ccc(Nc2nc(Cc3ccc(OC)cc3)cs2)cc1C(F)(F)F. The third-order valence-electron chi connectivity index (χ3n) is 5.16. The highest BCUT2D eigenvalue weighted by atomic mass is 32.1. The van der Waals surface area contributed by atoms with Crippen molar-refractivity contribution in [3.8, 4) is 5.75 Å². The summed E-state index contributed by atoms with van der Waals surface area (Å²) in [7, 11) is 3.33. The quantitative estimate of drug-likeness (QED) is 0.325. The van der Waals surface area contributed by atoms with Crippen LogP contribution in [0.2, 0.25) is 0 Å². The molecule has 4 nitrogen and oxygen atoms in total. The van der Waals surface area contributed by atoms with Gasteiger partial charge in [0.1, 0.15) is 5.75 Å². The van der Waals surface area contributed by atoms with Gasteiger partial charge in [-0.1, -0.05) is 31.9 Å². The summed E-state index contributed by atoms with van der Waals surface area (Å²) >= 11 is 1.37. The van der Waals surface area contributed by atoms with E-state index < -0.39 is 11.7 Å². The van der Waals surface area contributed by atoms with E-state index in [2.05, 4.69) is 17.2 Å². The van der Waals surface area contributed by atoms with Gasteiger partial charge in [0.15, 0.2) is 5.13 Å². The Kier molecular flexibility index (Phi) is 8.01. The van der Waals surface area contributed by atoms with Crippen molar-refractivity contribution in [1.29, 1.82) is 0 Å². The van der Waals surface area contributed by atoms with Crippen molar-refractivity contribution in [3.63, 3.8) is 0 Å². The lowest BCUT2D eigenvalue weighted by molar-refractivity contribution is -0.137. The number of anilines is 3. The standard InChI is InChI=1S/C24H28F3N3OS/c1-4-5-6-13-30(2)22-12-9-18(15-21(22)24(25,26)27)28-23-29-19(16-32-23)14-17-7-10-20(31-3)11-8-17/h7-12,15-16H,4-6,13-14H2,1-3H3,(H,28,29). The molecule has 8 heteroatoms. The number of nitrogens with zero attached hydrogens (tertiary/aromatic N) is 2. The molecule has 0 saturated carbocycles. The topological polar surface area (TPSA) is 37.4 Å². The molecule has 1 aromatic heterocycles. The van der Waals surface area contributed by atoms with Gasteiger partial charge in [0, 0.05) is 36.8 Å². The molecule has 1 N–H and O–H groups in total. The monoisotopic (exact) mass is 463 g/mol. The van der Waals surface area contributed by atoms with Crippen LogP contribution in [0.5, 0.6) is 5.75 Å².